The molecular weight excluding hydrogens is 559 g/mol. The van der Waals surface area contributed by atoms with Crippen LogP contribution in [0.4, 0.5) is 0 Å². The maximum Gasteiger partial charge on any atom is 0.249 e. The first-order valence-electron chi connectivity index (χ1n) is 12.8. The van der Waals surface area contributed by atoms with Gasteiger partial charge in [-0.3, -0.25) is 4.79 Å². The number of halogens is 3. The molecule has 5 rings (SSSR count). The van der Waals surface area contributed by atoms with Crippen LogP contribution < -0.4 is 0 Å². The maximum absolute atomic E-state index is 12.9. The predicted octanol–water partition coefficient (Wildman–Crippen LogP) is 5.22. The van der Waals surface area contributed by atoms with Crippen LogP contribution in [0, 0.1) is 0 Å². The van der Waals surface area contributed by atoms with Crippen LogP contribution in [0.3, 0.4) is 0 Å². The Kier molecular flexibility index (Phi) is 10.8. The van der Waals surface area contributed by atoms with Gasteiger partial charge in [-0.1, -0.05) is 89.9 Å². The summed E-state index contributed by atoms with van der Waals surface area (Å²) in [6.07, 6.45) is 2.04. The zero-order valence-corrected chi connectivity index (χ0v) is 24.0. The van der Waals surface area contributed by atoms with Gasteiger partial charge in [0.2, 0.25) is 5.91 Å². The van der Waals surface area contributed by atoms with Crippen molar-refractivity contribution in [3.05, 3.63) is 106 Å². The van der Waals surface area contributed by atoms with E-state index >= 15 is 0 Å². The molecule has 0 radical (unpaired) electrons. The molecule has 1 unspecified atom stereocenters. The number of carbonyl (C=O) groups excluding carboxylic acids is 1. The lowest BCUT2D eigenvalue weighted by Crippen LogP contribution is -2.54. The zero-order valence-electron chi connectivity index (χ0n) is 21.7. The van der Waals surface area contributed by atoms with Gasteiger partial charge in [0.1, 0.15) is 12.2 Å². The molecule has 2 fully saturated rings. The molecule has 1 amide bonds. The van der Waals surface area contributed by atoms with Crippen LogP contribution in [0.2, 0.25) is 10.0 Å². The molecule has 3 aromatic carbocycles. The van der Waals surface area contributed by atoms with E-state index in [4.69, 9.17) is 27.9 Å². The number of carbonyl (C=O) groups is 1. The number of rotatable bonds is 7. The van der Waals surface area contributed by atoms with Crippen LogP contribution in [-0.4, -0.2) is 59.1 Å². The summed E-state index contributed by atoms with van der Waals surface area (Å²) >= 11 is 12.7. The fourth-order valence-electron chi connectivity index (χ4n) is 5.45. The Hall–Kier alpha value is -2.16. The van der Waals surface area contributed by atoms with Crippen molar-refractivity contribution >= 4 is 41.5 Å². The summed E-state index contributed by atoms with van der Waals surface area (Å²) in [5.74, 6) is -0.0227. The van der Waals surface area contributed by atoms with Crippen LogP contribution >= 0.6 is 35.6 Å². The van der Waals surface area contributed by atoms with Crippen molar-refractivity contribution < 1.29 is 20.1 Å². The molecule has 2 heterocycles. The second-order valence-electron chi connectivity index (χ2n) is 10.1. The molecule has 0 aromatic heterocycles. The highest BCUT2D eigenvalue weighted by molar-refractivity contribution is 6.42. The molecule has 3 aromatic rings. The second kappa shape index (κ2) is 13.5. The van der Waals surface area contributed by atoms with Gasteiger partial charge in [0.05, 0.1) is 22.2 Å². The summed E-state index contributed by atoms with van der Waals surface area (Å²) in [7, 11) is 0. The number of likely N-dealkylation sites (tertiary alicyclic amines) is 1. The number of morpholine rings is 1. The number of benzene rings is 3. The van der Waals surface area contributed by atoms with Crippen molar-refractivity contribution in [1.29, 1.82) is 0 Å². The van der Waals surface area contributed by atoms with Crippen molar-refractivity contribution in [2.45, 2.75) is 37.0 Å². The summed E-state index contributed by atoms with van der Waals surface area (Å²) in [6.45, 7) is 3.32. The molecule has 3 N–H and O–H groups in total. The Morgan fingerprint density at radius 2 is 1.51 bits per heavy atom. The Morgan fingerprint density at radius 3 is 2.15 bits per heavy atom. The molecule has 0 saturated carbocycles. The van der Waals surface area contributed by atoms with E-state index in [1.54, 1.807) is 6.07 Å². The number of aliphatic hydroxyl groups is 1. The molecule has 2 aliphatic heterocycles. The molecule has 0 aliphatic carbocycles. The minimum absolute atomic E-state index is 0. The number of hydrogen-bond donors (Lipinski definition) is 1. The smallest absolute Gasteiger partial charge is 0.249 e. The lowest BCUT2D eigenvalue weighted by molar-refractivity contribution is -0.169. The van der Waals surface area contributed by atoms with Crippen molar-refractivity contribution in [2.24, 2.45) is 0 Å². The molecule has 0 spiro atoms. The fraction of sp³-hybridized carbons (Fsp3) is 0.367. The van der Waals surface area contributed by atoms with Gasteiger partial charge in [0.25, 0.3) is 0 Å². The third kappa shape index (κ3) is 7.14. The number of hydrogen-bond acceptors (Lipinski definition) is 4. The molecule has 0 bridgehead atoms. The lowest BCUT2D eigenvalue weighted by atomic mass is 9.83. The summed E-state index contributed by atoms with van der Waals surface area (Å²) in [5, 5.41) is 12.2. The van der Waals surface area contributed by atoms with Gasteiger partial charge in [0, 0.05) is 26.2 Å². The van der Waals surface area contributed by atoms with Gasteiger partial charge in [-0.25, -0.2) is 0 Å². The molecule has 2 aliphatic rings. The standard InChI is InChI=1S/C30H32Cl2N2O3.ClH.H2O/c31-26-12-11-25(19-27(26)32)30(22-34(28(35)21-37-30)20-23-7-3-1-4-8-23)15-18-33-16-13-29(36,14-17-33)24-9-5-2-6-10-24;;/h1-12,19,36H,13-18,20-22H2;1H;1H2. The average molecular weight is 594 g/mol. The Morgan fingerprint density at radius 1 is 0.872 bits per heavy atom. The van der Waals surface area contributed by atoms with E-state index < -0.39 is 11.2 Å². The van der Waals surface area contributed by atoms with Crippen LogP contribution in [0.5, 0.6) is 0 Å². The molecule has 1 atom stereocenters. The highest BCUT2D eigenvalue weighted by Gasteiger charge is 2.42. The minimum Gasteiger partial charge on any atom is -0.412 e. The Labute approximate surface area is 246 Å². The molecule has 6 nitrogen and oxygen atoms in total. The average Bonchev–Trinajstić information content (AvgIpc) is 2.93. The molecule has 9 heteroatoms. The van der Waals surface area contributed by atoms with Gasteiger partial charge in [-0.05, 0) is 48.1 Å². The molecule has 210 valence electrons. The van der Waals surface area contributed by atoms with Crippen molar-refractivity contribution in [2.75, 3.05) is 32.8 Å². The fourth-order valence-corrected chi connectivity index (χ4v) is 5.75. The molecule has 39 heavy (non-hydrogen) atoms. The predicted molar refractivity (Wildman–Crippen MR) is 157 cm³/mol. The summed E-state index contributed by atoms with van der Waals surface area (Å²) < 4.78 is 6.36. The summed E-state index contributed by atoms with van der Waals surface area (Å²) in [5.41, 5.74) is 1.48. The van der Waals surface area contributed by atoms with E-state index in [1.165, 1.54) is 0 Å². The SMILES string of the molecule is Cl.O.O=C1COC(CCN2CCC(O)(c3ccccc3)CC2)(c2ccc(Cl)c(Cl)c2)CN1Cc1ccccc1. The van der Waals surface area contributed by atoms with Gasteiger partial charge < -0.3 is 25.1 Å². The Balaban J connectivity index is 0.00000210. The number of piperidine rings is 1. The van der Waals surface area contributed by atoms with E-state index in [2.05, 4.69) is 4.90 Å². The van der Waals surface area contributed by atoms with Gasteiger partial charge in [0.15, 0.2) is 0 Å². The second-order valence-corrected chi connectivity index (χ2v) is 11.0. The quantitative estimate of drug-likeness (QED) is 0.407. The first-order chi connectivity index (χ1) is 17.9. The highest BCUT2D eigenvalue weighted by Crippen LogP contribution is 2.39. The maximum atomic E-state index is 12.9. The van der Waals surface area contributed by atoms with Crippen molar-refractivity contribution in [3.8, 4) is 0 Å². The number of nitrogens with zero attached hydrogens (tertiary/aromatic N) is 2. The lowest BCUT2D eigenvalue weighted by Gasteiger charge is -2.45. The third-order valence-electron chi connectivity index (χ3n) is 7.76. The van der Waals surface area contributed by atoms with Gasteiger partial charge in [-0.2, -0.15) is 0 Å². The molecule has 2 saturated heterocycles. The van der Waals surface area contributed by atoms with E-state index in [0.717, 1.165) is 36.3 Å². The van der Waals surface area contributed by atoms with E-state index in [-0.39, 0.29) is 30.4 Å². The Bertz CT molecular complexity index is 1220. The van der Waals surface area contributed by atoms with Crippen molar-refractivity contribution in [1.82, 2.24) is 9.80 Å². The molecular formula is C30H35Cl3N2O4. The first-order valence-corrected chi connectivity index (χ1v) is 13.5. The van der Waals surface area contributed by atoms with Crippen molar-refractivity contribution in [3.63, 3.8) is 0 Å². The first kappa shape index (κ1) is 31.4. The van der Waals surface area contributed by atoms with Crippen LogP contribution in [0.15, 0.2) is 78.9 Å². The topological polar surface area (TPSA) is 84.5 Å². The van der Waals surface area contributed by atoms with Crippen LogP contribution in [0.25, 0.3) is 0 Å². The van der Waals surface area contributed by atoms with Gasteiger partial charge >= 0.3 is 0 Å². The third-order valence-corrected chi connectivity index (χ3v) is 8.50. The van der Waals surface area contributed by atoms with Gasteiger partial charge in [-0.15, -0.1) is 12.4 Å². The summed E-state index contributed by atoms with van der Waals surface area (Å²) in [4.78, 5) is 17.1. The van der Waals surface area contributed by atoms with Crippen LogP contribution in [0.1, 0.15) is 36.0 Å². The van der Waals surface area contributed by atoms with E-state index in [0.29, 0.717) is 42.4 Å². The number of amides is 1. The van der Waals surface area contributed by atoms with E-state index in [9.17, 15) is 9.90 Å². The zero-order chi connectivity index (χ0) is 25.9. The highest BCUT2D eigenvalue weighted by atomic mass is 35.5. The van der Waals surface area contributed by atoms with Crippen LogP contribution in [-0.2, 0) is 27.3 Å². The largest absolute Gasteiger partial charge is 0.412 e. The normalized spacial score (nSPS) is 21.1. The minimum atomic E-state index is -0.792. The summed E-state index contributed by atoms with van der Waals surface area (Å²) in [6, 6.07) is 25.6. The monoisotopic (exact) mass is 592 g/mol. The van der Waals surface area contributed by atoms with E-state index in [1.807, 2.05) is 77.7 Å². The number of ether oxygens (including phenoxy) is 1.